The van der Waals surface area contributed by atoms with E-state index in [9.17, 15) is 9.59 Å². The minimum atomic E-state index is -0.716. The lowest BCUT2D eigenvalue weighted by molar-refractivity contribution is -0.121. The molecule has 1 atom stereocenters. The quantitative estimate of drug-likeness (QED) is 0.338. The van der Waals surface area contributed by atoms with Gasteiger partial charge in [0.05, 0.1) is 18.2 Å². The normalized spacial score (nSPS) is 11.7. The van der Waals surface area contributed by atoms with E-state index in [1.54, 1.807) is 0 Å². The number of ether oxygens (including phenoxy) is 1. The summed E-state index contributed by atoms with van der Waals surface area (Å²) >= 11 is 7.45. The SMILES string of the molecule is CCC(NC(=O)OCc1ccccc1)C(=O)Cn1nnnc1Cc1nc(-c2ccc(Cl)cc2)cs1. The maximum atomic E-state index is 12.9. The highest BCUT2D eigenvalue weighted by Gasteiger charge is 2.22. The number of carbonyl (C=O) groups is 2. The summed E-state index contributed by atoms with van der Waals surface area (Å²) in [5.41, 5.74) is 2.66. The Morgan fingerprint density at radius 3 is 2.66 bits per heavy atom. The van der Waals surface area contributed by atoms with Gasteiger partial charge in [0, 0.05) is 16.0 Å². The van der Waals surface area contributed by atoms with E-state index in [1.807, 2.05) is 66.9 Å². The molecular weight excluding hydrogens is 488 g/mol. The molecule has 1 N–H and O–H groups in total. The van der Waals surface area contributed by atoms with Gasteiger partial charge in [-0.3, -0.25) is 4.79 Å². The Balaban J connectivity index is 1.34. The number of thiazole rings is 1. The minimum Gasteiger partial charge on any atom is -0.445 e. The molecule has 1 unspecified atom stereocenters. The van der Waals surface area contributed by atoms with E-state index < -0.39 is 12.1 Å². The van der Waals surface area contributed by atoms with Crippen LogP contribution in [0, 0.1) is 0 Å². The van der Waals surface area contributed by atoms with Crippen molar-refractivity contribution in [3.63, 3.8) is 0 Å². The van der Waals surface area contributed by atoms with E-state index in [2.05, 4.69) is 25.8 Å². The van der Waals surface area contributed by atoms with E-state index in [0.717, 1.165) is 21.8 Å². The second-order valence-corrected chi connectivity index (χ2v) is 9.08. The molecule has 2 aromatic carbocycles. The molecule has 2 heterocycles. The largest absolute Gasteiger partial charge is 0.445 e. The fourth-order valence-corrected chi connectivity index (χ4v) is 4.25. The van der Waals surface area contributed by atoms with Gasteiger partial charge in [-0.15, -0.1) is 16.4 Å². The number of rotatable bonds is 10. The zero-order chi connectivity index (χ0) is 24.6. The number of hydrogen-bond acceptors (Lipinski definition) is 8. The summed E-state index contributed by atoms with van der Waals surface area (Å²) in [5.74, 6) is 0.288. The number of Topliss-reactive ketones (excluding diaryl/α,β-unsaturated/α-hetero) is 1. The van der Waals surface area contributed by atoms with Crippen molar-refractivity contribution < 1.29 is 14.3 Å². The van der Waals surface area contributed by atoms with Crippen molar-refractivity contribution in [2.45, 2.75) is 39.0 Å². The second kappa shape index (κ2) is 11.7. The fourth-order valence-electron chi connectivity index (χ4n) is 3.33. The lowest BCUT2D eigenvalue weighted by Gasteiger charge is -2.16. The number of carbonyl (C=O) groups excluding carboxylic acids is 2. The Labute approximate surface area is 211 Å². The van der Waals surface area contributed by atoms with Crippen LogP contribution in [0.2, 0.25) is 5.02 Å². The van der Waals surface area contributed by atoms with Crippen LogP contribution in [0.3, 0.4) is 0 Å². The van der Waals surface area contributed by atoms with Gasteiger partial charge in [-0.25, -0.2) is 14.5 Å². The summed E-state index contributed by atoms with van der Waals surface area (Å²) in [7, 11) is 0. The van der Waals surface area contributed by atoms with Crippen molar-refractivity contribution in [2.24, 2.45) is 0 Å². The smallest absolute Gasteiger partial charge is 0.408 e. The zero-order valence-electron chi connectivity index (χ0n) is 18.9. The summed E-state index contributed by atoms with van der Waals surface area (Å²) in [6.07, 6.45) is 0.138. The van der Waals surface area contributed by atoms with Crippen molar-refractivity contribution in [1.29, 1.82) is 0 Å². The number of tetrazole rings is 1. The predicted molar refractivity (Wildman–Crippen MR) is 132 cm³/mol. The number of amides is 1. The summed E-state index contributed by atoms with van der Waals surface area (Å²) in [4.78, 5) is 29.7. The van der Waals surface area contributed by atoms with E-state index in [4.69, 9.17) is 16.3 Å². The second-order valence-electron chi connectivity index (χ2n) is 7.70. The van der Waals surface area contributed by atoms with Gasteiger partial charge in [0.25, 0.3) is 0 Å². The summed E-state index contributed by atoms with van der Waals surface area (Å²) < 4.78 is 6.67. The van der Waals surface area contributed by atoms with Crippen molar-refractivity contribution in [3.8, 4) is 11.3 Å². The third kappa shape index (κ3) is 6.71. The molecule has 4 aromatic rings. The van der Waals surface area contributed by atoms with Crippen molar-refractivity contribution in [2.75, 3.05) is 0 Å². The average Bonchev–Trinajstić information content (AvgIpc) is 3.52. The molecule has 0 fully saturated rings. The van der Waals surface area contributed by atoms with Gasteiger partial charge >= 0.3 is 6.09 Å². The molecule has 2 aromatic heterocycles. The van der Waals surface area contributed by atoms with Gasteiger partial charge in [0.2, 0.25) is 0 Å². The molecule has 35 heavy (non-hydrogen) atoms. The monoisotopic (exact) mass is 510 g/mol. The zero-order valence-corrected chi connectivity index (χ0v) is 20.5. The average molecular weight is 511 g/mol. The molecule has 0 saturated carbocycles. The highest BCUT2D eigenvalue weighted by molar-refractivity contribution is 7.10. The Morgan fingerprint density at radius 1 is 1.14 bits per heavy atom. The van der Waals surface area contributed by atoms with Gasteiger partial charge in [0.15, 0.2) is 11.6 Å². The van der Waals surface area contributed by atoms with Gasteiger partial charge in [0.1, 0.15) is 18.2 Å². The van der Waals surface area contributed by atoms with Crippen LogP contribution >= 0.6 is 22.9 Å². The number of halogens is 1. The van der Waals surface area contributed by atoms with Crippen molar-refractivity contribution >= 4 is 34.8 Å². The van der Waals surface area contributed by atoms with E-state index in [1.165, 1.54) is 16.0 Å². The summed E-state index contributed by atoms with van der Waals surface area (Å²) in [6, 6.07) is 16.1. The lowest BCUT2D eigenvalue weighted by Crippen LogP contribution is -2.42. The van der Waals surface area contributed by atoms with Crippen LogP contribution < -0.4 is 5.32 Å². The maximum absolute atomic E-state index is 12.9. The van der Waals surface area contributed by atoms with Crippen LogP contribution in [0.15, 0.2) is 60.0 Å². The third-order valence-corrected chi connectivity index (χ3v) is 6.32. The Hall–Kier alpha value is -3.63. The predicted octanol–water partition coefficient (Wildman–Crippen LogP) is 4.31. The lowest BCUT2D eigenvalue weighted by atomic mass is 10.1. The molecule has 0 spiro atoms. The number of ketones is 1. The Morgan fingerprint density at radius 2 is 1.91 bits per heavy atom. The molecule has 0 saturated heterocycles. The van der Waals surface area contributed by atoms with E-state index in [0.29, 0.717) is 23.7 Å². The van der Waals surface area contributed by atoms with Crippen LogP contribution in [0.5, 0.6) is 0 Å². The minimum absolute atomic E-state index is 0.0742. The van der Waals surface area contributed by atoms with E-state index in [-0.39, 0.29) is 18.9 Å². The number of nitrogens with zero attached hydrogens (tertiary/aromatic N) is 5. The molecular formula is C24H23ClN6O3S. The van der Waals surface area contributed by atoms with Crippen LogP contribution in [-0.4, -0.2) is 43.1 Å². The molecule has 0 radical (unpaired) electrons. The van der Waals surface area contributed by atoms with Gasteiger partial charge in [-0.2, -0.15) is 0 Å². The summed E-state index contributed by atoms with van der Waals surface area (Å²) in [5, 5.41) is 17.8. The molecule has 0 aliphatic rings. The first-order valence-electron chi connectivity index (χ1n) is 11.0. The molecule has 0 bridgehead atoms. The fraction of sp³-hybridized carbons (Fsp3) is 0.250. The highest BCUT2D eigenvalue weighted by Crippen LogP contribution is 2.24. The molecule has 1 amide bonds. The Kier molecular flexibility index (Phi) is 8.17. The van der Waals surface area contributed by atoms with Gasteiger partial charge in [-0.1, -0.05) is 61.0 Å². The number of benzene rings is 2. The molecule has 4 rings (SSSR count). The maximum Gasteiger partial charge on any atom is 0.408 e. The number of aromatic nitrogens is 5. The Bertz CT molecular complexity index is 1280. The van der Waals surface area contributed by atoms with Crippen molar-refractivity contribution in [3.05, 3.63) is 81.4 Å². The van der Waals surface area contributed by atoms with Gasteiger partial charge < -0.3 is 10.1 Å². The summed E-state index contributed by atoms with van der Waals surface area (Å²) in [6.45, 7) is 1.86. The molecule has 180 valence electrons. The van der Waals surface area contributed by atoms with Crippen LogP contribution in [0.1, 0.15) is 29.7 Å². The van der Waals surface area contributed by atoms with Crippen LogP contribution in [0.25, 0.3) is 11.3 Å². The molecule has 9 nitrogen and oxygen atoms in total. The van der Waals surface area contributed by atoms with Crippen LogP contribution in [0.4, 0.5) is 4.79 Å². The standard InChI is InChI=1S/C24H23ClN6O3S/c1-2-19(27-24(33)34-14-16-6-4-3-5-7-16)21(32)13-31-22(28-29-30-31)12-23-26-20(15-35-23)17-8-10-18(25)11-9-17/h3-11,15,19H,2,12-14H2,1H3,(H,27,33). The first-order valence-corrected chi connectivity index (χ1v) is 12.2. The first kappa shape index (κ1) is 24.5. The molecule has 11 heteroatoms. The number of nitrogens with one attached hydrogen (secondary N) is 1. The third-order valence-electron chi connectivity index (χ3n) is 5.21. The molecule has 0 aliphatic heterocycles. The number of alkyl carbamates (subject to hydrolysis) is 1. The van der Waals surface area contributed by atoms with Crippen molar-refractivity contribution in [1.82, 2.24) is 30.5 Å². The van der Waals surface area contributed by atoms with E-state index >= 15 is 0 Å². The topological polar surface area (TPSA) is 112 Å². The highest BCUT2D eigenvalue weighted by atomic mass is 35.5. The molecule has 0 aliphatic carbocycles. The van der Waals surface area contributed by atoms with Gasteiger partial charge in [-0.05, 0) is 34.5 Å². The first-order chi connectivity index (χ1) is 17.0. The number of hydrogen-bond donors (Lipinski definition) is 1. The van der Waals surface area contributed by atoms with Crippen LogP contribution in [-0.2, 0) is 29.1 Å².